The van der Waals surface area contributed by atoms with Crippen molar-refractivity contribution >= 4 is 11.7 Å². The zero-order valence-corrected chi connectivity index (χ0v) is 14.4. The summed E-state index contributed by atoms with van der Waals surface area (Å²) in [4.78, 5) is 21.2. The van der Waals surface area contributed by atoms with Gasteiger partial charge in [0.1, 0.15) is 5.82 Å². The van der Waals surface area contributed by atoms with E-state index in [2.05, 4.69) is 9.97 Å². The van der Waals surface area contributed by atoms with Crippen LogP contribution in [-0.2, 0) is 17.4 Å². The van der Waals surface area contributed by atoms with Crippen LogP contribution in [0.1, 0.15) is 38.3 Å². The largest absolute Gasteiger partial charge is 0.417 e. The maximum Gasteiger partial charge on any atom is 0.417 e. The normalized spacial score (nSPS) is 13.6. The lowest BCUT2D eigenvalue weighted by Crippen LogP contribution is -2.34. The molecule has 3 heterocycles. The number of carbonyl (C=O) groups excluding carboxylic acids is 1. The third-order valence-electron chi connectivity index (χ3n) is 3.81. The third kappa shape index (κ3) is 4.15. The Labute approximate surface area is 144 Å². The second-order valence-electron chi connectivity index (χ2n) is 5.44. The molecule has 0 atom stereocenters. The van der Waals surface area contributed by atoms with Crippen molar-refractivity contribution < 1.29 is 18.0 Å². The summed E-state index contributed by atoms with van der Waals surface area (Å²) in [6.07, 6.45) is 0.773. The van der Waals surface area contributed by atoms with Crippen LogP contribution in [0.2, 0.25) is 0 Å². The van der Waals surface area contributed by atoms with Crippen molar-refractivity contribution in [3.63, 3.8) is 0 Å². The lowest BCUT2D eigenvalue weighted by molar-refractivity contribution is -0.137. The topological polar surface area (TPSA) is 46.1 Å². The second kappa shape index (κ2) is 7.63. The molecule has 4 nitrogen and oxygen atoms in total. The van der Waals surface area contributed by atoms with Gasteiger partial charge in [0, 0.05) is 43.2 Å². The van der Waals surface area contributed by atoms with Crippen LogP contribution >= 0.6 is 0 Å². The number of aromatic nitrogens is 2. The first kappa shape index (κ1) is 18.9. The van der Waals surface area contributed by atoms with E-state index < -0.39 is 11.7 Å². The van der Waals surface area contributed by atoms with Crippen LogP contribution < -0.4 is 4.90 Å². The standard InChI is InChI=1S/C16H14F3N3O.C2H6/c1-10(23)22-4-2-3-11-5-12(8-21-15(11)22)13-6-14(9-20-7-13)16(17,18)19;1-2/h5-9H,2-4H2,1H3;1-2H3. The van der Waals surface area contributed by atoms with E-state index in [9.17, 15) is 18.0 Å². The quantitative estimate of drug-likeness (QED) is 0.761. The molecular formula is C18H20F3N3O. The van der Waals surface area contributed by atoms with Gasteiger partial charge in [-0.05, 0) is 30.5 Å². The molecular weight excluding hydrogens is 331 g/mol. The predicted octanol–water partition coefficient (Wildman–Crippen LogP) is 4.49. The Morgan fingerprint density at radius 1 is 1.12 bits per heavy atom. The molecule has 2 aromatic rings. The van der Waals surface area contributed by atoms with Gasteiger partial charge in [-0.1, -0.05) is 13.8 Å². The number of fused-ring (bicyclic) bond motifs is 1. The summed E-state index contributed by atoms with van der Waals surface area (Å²) in [5.41, 5.74) is 0.988. The summed E-state index contributed by atoms with van der Waals surface area (Å²) in [7, 11) is 0. The van der Waals surface area contributed by atoms with Crippen molar-refractivity contribution in [2.75, 3.05) is 11.4 Å². The molecule has 0 spiro atoms. The van der Waals surface area contributed by atoms with Gasteiger partial charge in [0.25, 0.3) is 0 Å². The lowest BCUT2D eigenvalue weighted by Gasteiger charge is -2.27. The lowest BCUT2D eigenvalue weighted by atomic mass is 10.0. The molecule has 1 aliphatic rings. The molecule has 1 aliphatic heterocycles. The number of halogens is 3. The molecule has 0 saturated carbocycles. The van der Waals surface area contributed by atoms with Gasteiger partial charge in [0.2, 0.25) is 5.91 Å². The minimum atomic E-state index is -4.43. The SMILES string of the molecule is CC.CC(=O)N1CCCc2cc(-c3cncc(C(F)(F)F)c3)cnc21. The van der Waals surface area contributed by atoms with Crippen LogP contribution in [0, 0.1) is 0 Å². The Morgan fingerprint density at radius 2 is 1.80 bits per heavy atom. The summed E-state index contributed by atoms with van der Waals surface area (Å²) >= 11 is 0. The van der Waals surface area contributed by atoms with Gasteiger partial charge in [-0.25, -0.2) is 4.98 Å². The van der Waals surface area contributed by atoms with Gasteiger partial charge < -0.3 is 0 Å². The average molecular weight is 351 g/mol. The van der Waals surface area contributed by atoms with Crippen LogP contribution in [0.4, 0.5) is 19.0 Å². The van der Waals surface area contributed by atoms with Gasteiger partial charge in [0.15, 0.2) is 0 Å². The number of aryl methyl sites for hydroxylation is 1. The maximum atomic E-state index is 12.8. The number of rotatable bonds is 1. The Bertz CT molecular complexity index is 759. The summed E-state index contributed by atoms with van der Waals surface area (Å²) in [5.74, 6) is 0.499. The molecule has 0 fully saturated rings. The van der Waals surface area contributed by atoms with E-state index in [0.29, 0.717) is 23.5 Å². The number of carbonyl (C=O) groups is 1. The average Bonchev–Trinajstić information content (AvgIpc) is 2.61. The second-order valence-corrected chi connectivity index (χ2v) is 5.44. The van der Waals surface area contributed by atoms with Crippen LogP contribution in [0.5, 0.6) is 0 Å². The van der Waals surface area contributed by atoms with E-state index in [4.69, 9.17) is 0 Å². The van der Waals surface area contributed by atoms with Gasteiger partial charge in [-0.15, -0.1) is 0 Å². The van der Waals surface area contributed by atoms with Crippen molar-refractivity contribution in [2.45, 2.75) is 39.8 Å². The summed E-state index contributed by atoms with van der Waals surface area (Å²) < 4.78 is 38.4. The highest BCUT2D eigenvalue weighted by Crippen LogP contribution is 2.33. The monoisotopic (exact) mass is 351 g/mol. The van der Waals surface area contributed by atoms with Crippen LogP contribution in [0.25, 0.3) is 11.1 Å². The van der Waals surface area contributed by atoms with E-state index in [1.807, 2.05) is 13.8 Å². The van der Waals surface area contributed by atoms with Crippen LogP contribution in [0.3, 0.4) is 0 Å². The molecule has 0 N–H and O–H groups in total. The number of hydrogen-bond acceptors (Lipinski definition) is 3. The smallest absolute Gasteiger partial charge is 0.297 e. The summed E-state index contributed by atoms with van der Waals surface area (Å²) in [5, 5.41) is 0. The van der Waals surface area contributed by atoms with Crippen molar-refractivity contribution in [3.8, 4) is 11.1 Å². The van der Waals surface area contributed by atoms with E-state index in [0.717, 1.165) is 30.7 Å². The highest BCUT2D eigenvalue weighted by Gasteiger charge is 2.31. The number of hydrogen-bond donors (Lipinski definition) is 0. The van der Waals surface area contributed by atoms with E-state index in [1.165, 1.54) is 19.3 Å². The van der Waals surface area contributed by atoms with E-state index in [1.54, 1.807) is 11.0 Å². The third-order valence-corrected chi connectivity index (χ3v) is 3.81. The fourth-order valence-electron chi connectivity index (χ4n) is 2.68. The summed E-state index contributed by atoms with van der Waals surface area (Å²) in [6.45, 7) is 6.08. The molecule has 0 bridgehead atoms. The molecule has 0 aliphatic carbocycles. The van der Waals surface area contributed by atoms with E-state index in [-0.39, 0.29) is 5.91 Å². The van der Waals surface area contributed by atoms with Crippen molar-refractivity contribution in [3.05, 3.63) is 41.9 Å². The van der Waals surface area contributed by atoms with Gasteiger partial charge >= 0.3 is 6.18 Å². The first-order chi connectivity index (χ1) is 11.9. The van der Waals surface area contributed by atoms with Gasteiger partial charge in [0.05, 0.1) is 5.56 Å². The Kier molecular flexibility index (Phi) is 5.77. The Balaban J connectivity index is 0.00000109. The fourth-order valence-corrected chi connectivity index (χ4v) is 2.68. The zero-order chi connectivity index (χ0) is 18.6. The number of amides is 1. The van der Waals surface area contributed by atoms with E-state index >= 15 is 0 Å². The Morgan fingerprint density at radius 3 is 2.44 bits per heavy atom. The minimum Gasteiger partial charge on any atom is -0.297 e. The number of pyridine rings is 2. The number of alkyl halides is 3. The first-order valence-corrected chi connectivity index (χ1v) is 8.16. The molecule has 1 amide bonds. The first-order valence-electron chi connectivity index (χ1n) is 8.16. The maximum absolute atomic E-state index is 12.8. The van der Waals surface area contributed by atoms with Crippen molar-refractivity contribution in [1.82, 2.24) is 9.97 Å². The minimum absolute atomic E-state index is 0.0908. The molecule has 3 rings (SSSR count). The number of nitrogens with zero attached hydrogens (tertiary/aromatic N) is 3. The highest BCUT2D eigenvalue weighted by atomic mass is 19.4. The molecule has 7 heteroatoms. The van der Waals surface area contributed by atoms with Gasteiger partial charge in [-0.3, -0.25) is 14.7 Å². The Hall–Kier alpha value is -2.44. The van der Waals surface area contributed by atoms with Crippen molar-refractivity contribution in [2.24, 2.45) is 0 Å². The molecule has 0 saturated heterocycles. The predicted molar refractivity (Wildman–Crippen MR) is 90.2 cm³/mol. The van der Waals surface area contributed by atoms with Crippen molar-refractivity contribution in [1.29, 1.82) is 0 Å². The highest BCUT2D eigenvalue weighted by molar-refractivity contribution is 5.91. The molecule has 2 aromatic heterocycles. The van der Waals surface area contributed by atoms with Crippen LogP contribution in [0.15, 0.2) is 30.7 Å². The van der Waals surface area contributed by atoms with Gasteiger partial charge in [-0.2, -0.15) is 13.2 Å². The van der Waals surface area contributed by atoms with Crippen LogP contribution in [-0.4, -0.2) is 22.4 Å². The zero-order valence-electron chi connectivity index (χ0n) is 14.4. The molecule has 0 unspecified atom stereocenters. The summed E-state index contributed by atoms with van der Waals surface area (Å²) in [6, 6.07) is 2.84. The molecule has 0 radical (unpaired) electrons. The molecule has 25 heavy (non-hydrogen) atoms. The number of anilines is 1. The fraction of sp³-hybridized carbons (Fsp3) is 0.389. The molecule has 134 valence electrons. The molecule has 0 aromatic carbocycles.